The maximum absolute atomic E-state index is 12.5. The molecule has 1 saturated heterocycles. The van der Waals surface area contributed by atoms with E-state index in [0.29, 0.717) is 17.6 Å². The van der Waals surface area contributed by atoms with E-state index in [1.807, 2.05) is 30.3 Å². The highest BCUT2D eigenvalue weighted by Crippen LogP contribution is 2.25. The van der Waals surface area contributed by atoms with Crippen molar-refractivity contribution in [3.63, 3.8) is 0 Å². The van der Waals surface area contributed by atoms with Crippen LogP contribution in [0.5, 0.6) is 0 Å². The molecule has 0 saturated carbocycles. The Morgan fingerprint density at radius 2 is 1.96 bits per heavy atom. The number of aryl methyl sites for hydroxylation is 1. The van der Waals surface area contributed by atoms with Crippen LogP contribution < -0.4 is 10.6 Å². The first-order valence-corrected chi connectivity index (χ1v) is 9.52. The molecule has 1 aromatic carbocycles. The average molecular weight is 405 g/mol. The number of nitrogens with zero attached hydrogens (tertiary/aromatic N) is 4. The number of benzene rings is 1. The number of anilines is 1. The third-order valence-corrected chi connectivity index (χ3v) is 5.36. The molecular weight excluding hydrogens is 384 g/mol. The third-order valence-electron chi connectivity index (χ3n) is 4.47. The predicted molar refractivity (Wildman–Crippen MR) is 109 cm³/mol. The minimum absolute atomic E-state index is 0. The van der Waals surface area contributed by atoms with Crippen molar-refractivity contribution in [2.45, 2.75) is 18.8 Å². The summed E-state index contributed by atoms with van der Waals surface area (Å²) in [6.45, 7) is 1.96. The summed E-state index contributed by atoms with van der Waals surface area (Å²) < 4.78 is 1.62. The smallest absolute Gasteiger partial charge is 0.277 e. The van der Waals surface area contributed by atoms with Crippen LogP contribution in [-0.2, 0) is 7.05 Å². The van der Waals surface area contributed by atoms with Crippen LogP contribution in [0, 0.1) is 0 Å². The lowest BCUT2D eigenvalue weighted by molar-refractivity contribution is 0.102. The summed E-state index contributed by atoms with van der Waals surface area (Å²) in [5, 5.41) is 13.2. The van der Waals surface area contributed by atoms with Crippen LogP contribution in [0.3, 0.4) is 0 Å². The van der Waals surface area contributed by atoms with E-state index in [2.05, 4.69) is 25.7 Å². The van der Waals surface area contributed by atoms with Crippen molar-refractivity contribution in [3.8, 4) is 10.6 Å². The maximum atomic E-state index is 12.5. The maximum Gasteiger partial charge on any atom is 0.277 e. The minimum Gasteiger partial charge on any atom is -0.317 e. The summed E-state index contributed by atoms with van der Waals surface area (Å²) in [5.41, 5.74) is 1.39. The summed E-state index contributed by atoms with van der Waals surface area (Å²) >= 11 is 1.45. The van der Waals surface area contributed by atoms with Gasteiger partial charge in [-0.1, -0.05) is 30.3 Å². The number of carbonyl (C=O) groups is 1. The highest BCUT2D eigenvalue weighted by molar-refractivity contribution is 7.13. The van der Waals surface area contributed by atoms with E-state index in [1.54, 1.807) is 17.1 Å². The van der Waals surface area contributed by atoms with E-state index in [-0.39, 0.29) is 18.3 Å². The molecule has 0 spiro atoms. The molecule has 0 atom stereocenters. The Kier molecular flexibility index (Phi) is 6.20. The van der Waals surface area contributed by atoms with E-state index in [1.165, 1.54) is 11.3 Å². The van der Waals surface area contributed by atoms with Crippen LogP contribution in [0.15, 0.2) is 35.7 Å². The highest BCUT2D eigenvalue weighted by atomic mass is 35.5. The number of amides is 1. The second kappa shape index (κ2) is 8.60. The molecule has 3 heterocycles. The number of piperidine rings is 1. The standard InChI is InChI=1S/C18H20N6OS.ClH/c1-24-18(21-15(23-24)12-7-9-19-10-8-12)22-16(25)14-11-26-17(20-14)13-5-3-2-4-6-13;/h2-6,11-12,19H,7-10H2,1H3,(H,21,22,23,25);1H. The fourth-order valence-corrected chi connectivity index (χ4v) is 3.83. The van der Waals surface area contributed by atoms with Crippen molar-refractivity contribution in [2.24, 2.45) is 7.05 Å². The van der Waals surface area contributed by atoms with Gasteiger partial charge in [0.1, 0.15) is 10.7 Å². The second-order valence-corrected chi connectivity index (χ2v) is 7.16. The summed E-state index contributed by atoms with van der Waals surface area (Å²) in [4.78, 5) is 21.5. The van der Waals surface area contributed by atoms with Crippen LogP contribution in [-0.4, -0.2) is 38.7 Å². The number of nitrogens with one attached hydrogen (secondary N) is 2. The number of carbonyl (C=O) groups excluding carboxylic acids is 1. The van der Waals surface area contributed by atoms with Crippen molar-refractivity contribution in [1.29, 1.82) is 0 Å². The number of halogens is 1. The summed E-state index contributed by atoms with van der Waals surface area (Å²) in [5.74, 6) is 1.33. The molecule has 3 aromatic rings. The zero-order valence-electron chi connectivity index (χ0n) is 14.9. The highest BCUT2D eigenvalue weighted by Gasteiger charge is 2.22. The summed E-state index contributed by atoms with van der Waals surface area (Å²) in [6.07, 6.45) is 2.04. The predicted octanol–water partition coefficient (Wildman–Crippen LogP) is 3.08. The quantitative estimate of drug-likeness (QED) is 0.698. The summed E-state index contributed by atoms with van der Waals surface area (Å²) in [6, 6.07) is 9.83. The molecule has 27 heavy (non-hydrogen) atoms. The van der Waals surface area contributed by atoms with Crippen molar-refractivity contribution < 1.29 is 4.79 Å². The Morgan fingerprint density at radius 3 is 2.70 bits per heavy atom. The molecule has 1 aliphatic heterocycles. The first-order chi connectivity index (χ1) is 12.7. The molecule has 2 aromatic heterocycles. The average Bonchev–Trinajstić information content (AvgIpc) is 3.31. The van der Waals surface area contributed by atoms with Gasteiger partial charge in [-0.05, 0) is 25.9 Å². The topological polar surface area (TPSA) is 84.7 Å². The molecule has 4 rings (SSSR count). The van der Waals surface area contributed by atoms with Crippen LogP contribution in [0.25, 0.3) is 10.6 Å². The Hall–Kier alpha value is -2.29. The molecule has 0 unspecified atom stereocenters. The van der Waals surface area contributed by atoms with Crippen molar-refractivity contribution in [3.05, 3.63) is 47.2 Å². The molecule has 0 aliphatic carbocycles. The van der Waals surface area contributed by atoms with E-state index >= 15 is 0 Å². The van der Waals surface area contributed by atoms with E-state index in [9.17, 15) is 4.79 Å². The SMILES string of the molecule is Cl.Cn1nc(C2CCNCC2)nc1NC(=O)c1csc(-c2ccccc2)n1. The van der Waals surface area contributed by atoms with Gasteiger partial charge in [0, 0.05) is 23.9 Å². The van der Waals surface area contributed by atoms with Crippen LogP contribution in [0.1, 0.15) is 35.1 Å². The zero-order valence-corrected chi connectivity index (χ0v) is 16.5. The van der Waals surface area contributed by atoms with E-state index in [0.717, 1.165) is 42.3 Å². The fraction of sp³-hybridized carbons (Fsp3) is 0.333. The molecule has 9 heteroatoms. The van der Waals surface area contributed by atoms with Crippen LogP contribution in [0.2, 0.25) is 0 Å². The van der Waals surface area contributed by atoms with Crippen molar-refractivity contribution in [2.75, 3.05) is 18.4 Å². The number of hydrogen-bond acceptors (Lipinski definition) is 6. The third kappa shape index (κ3) is 4.35. The lowest BCUT2D eigenvalue weighted by Crippen LogP contribution is -2.27. The number of aromatic nitrogens is 4. The van der Waals surface area contributed by atoms with Crippen LogP contribution >= 0.6 is 23.7 Å². The van der Waals surface area contributed by atoms with Gasteiger partial charge in [-0.15, -0.1) is 23.7 Å². The van der Waals surface area contributed by atoms with Gasteiger partial charge < -0.3 is 5.32 Å². The Labute approximate surface area is 167 Å². The van der Waals surface area contributed by atoms with Gasteiger partial charge in [0.25, 0.3) is 5.91 Å². The first kappa shape index (κ1) is 19.5. The van der Waals surface area contributed by atoms with Gasteiger partial charge in [-0.25, -0.2) is 9.67 Å². The first-order valence-electron chi connectivity index (χ1n) is 8.64. The van der Waals surface area contributed by atoms with E-state index < -0.39 is 0 Å². The molecule has 7 nitrogen and oxygen atoms in total. The summed E-state index contributed by atoms with van der Waals surface area (Å²) in [7, 11) is 1.80. The van der Waals surface area contributed by atoms with Gasteiger partial charge in [0.05, 0.1) is 0 Å². The lowest BCUT2D eigenvalue weighted by Gasteiger charge is -2.19. The fourth-order valence-electron chi connectivity index (χ4n) is 3.02. The molecule has 0 bridgehead atoms. The Balaban J connectivity index is 0.00000210. The number of rotatable bonds is 4. The largest absolute Gasteiger partial charge is 0.317 e. The molecule has 1 fully saturated rings. The van der Waals surface area contributed by atoms with E-state index in [4.69, 9.17) is 0 Å². The van der Waals surface area contributed by atoms with Crippen molar-refractivity contribution in [1.82, 2.24) is 25.1 Å². The molecule has 0 radical (unpaired) electrons. The number of thiazole rings is 1. The zero-order chi connectivity index (χ0) is 17.9. The second-order valence-electron chi connectivity index (χ2n) is 6.30. The van der Waals surface area contributed by atoms with Crippen LogP contribution in [0.4, 0.5) is 5.95 Å². The molecule has 1 aliphatic rings. The van der Waals surface area contributed by atoms with Gasteiger partial charge in [0.2, 0.25) is 5.95 Å². The lowest BCUT2D eigenvalue weighted by atomic mass is 9.98. The van der Waals surface area contributed by atoms with Gasteiger partial charge in [-0.3, -0.25) is 10.1 Å². The Bertz CT molecular complexity index is 904. The Morgan fingerprint density at radius 1 is 1.22 bits per heavy atom. The minimum atomic E-state index is -0.268. The normalized spacial score (nSPS) is 14.6. The molecule has 1 amide bonds. The van der Waals surface area contributed by atoms with Gasteiger partial charge in [-0.2, -0.15) is 10.1 Å². The van der Waals surface area contributed by atoms with Crippen molar-refractivity contribution >= 4 is 35.6 Å². The number of hydrogen-bond donors (Lipinski definition) is 2. The van der Waals surface area contributed by atoms with Gasteiger partial charge in [0.15, 0.2) is 5.82 Å². The molecule has 142 valence electrons. The molecule has 2 N–H and O–H groups in total. The monoisotopic (exact) mass is 404 g/mol. The van der Waals surface area contributed by atoms with Gasteiger partial charge >= 0.3 is 0 Å². The molecular formula is C18H21ClN6OS.